The second-order valence-electron chi connectivity index (χ2n) is 6.47. The first-order chi connectivity index (χ1) is 13.5. The van der Waals surface area contributed by atoms with E-state index in [0.29, 0.717) is 29.4 Å². The van der Waals surface area contributed by atoms with Crippen molar-refractivity contribution in [1.82, 2.24) is 5.32 Å². The number of methoxy groups -OCH3 is 3. The molecule has 1 heterocycles. The summed E-state index contributed by atoms with van der Waals surface area (Å²) in [4.78, 5) is 26.0. The van der Waals surface area contributed by atoms with Gasteiger partial charge in [0.25, 0.3) is 5.91 Å². The quantitative estimate of drug-likeness (QED) is 0.828. The second kappa shape index (κ2) is 8.21. The maximum absolute atomic E-state index is 12.6. The van der Waals surface area contributed by atoms with E-state index in [0.717, 1.165) is 23.2 Å². The Bertz CT molecular complexity index is 910. The lowest BCUT2D eigenvalue weighted by Crippen LogP contribution is -2.26. The third-order valence-corrected chi connectivity index (χ3v) is 4.84. The Morgan fingerprint density at radius 1 is 1.00 bits per heavy atom. The molecule has 1 aliphatic rings. The third-order valence-electron chi connectivity index (χ3n) is 4.84. The Labute approximate surface area is 164 Å². The lowest BCUT2D eigenvalue weighted by Gasteiger charge is -2.16. The topological polar surface area (TPSA) is 77.1 Å². The molecule has 7 nitrogen and oxygen atoms in total. The highest BCUT2D eigenvalue weighted by Crippen LogP contribution is 2.34. The summed E-state index contributed by atoms with van der Waals surface area (Å²) in [6.07, 6.45) is 0.750. The third kappa shape index (κ3) is 3.74. The Morgan fingerprint density at radius 3 is 2.32 bits per heavy atom. The number of carbonyl (C=O) groups excluding carboxylic acids is 2. The largest absolute Gasteiger partial charge is 0.496 e. The van der Waals surface area contributed by atoms with Crippen LogP contribution in [0.1, 0.15) is 28.4 Å². The first-order valence-corrected chi connectivity index (χ1v) is 8.96. The van der Waals surface area contributed by atoms with Crippen LogP contribution >= 0.6 is 0 Å². The molecule has 0 bridgehead atoms. The normalized spacial score (nSPS) is 12.4. The van der Waals surface area contributed by atoms with Crippen LogP contribution in [0.2, 0.25) is 0 Å². The zero-order valence-corrected chi connectivity index (χ0v) is 16.5. The summed E-state index contributed by atoms with van der Waals surface area (Å²) >= 11 is 0. The van der Waals surface area contributed by atoms with Gasteiger partial charge in [-0.25, -0.2) is 0 Å². The summed E-state index contributed by atoms with van der Waals surface area (Å²) in [5.74, 6) is 1.54. The lowest BCUT2D eigenvalue weighted by atomic mass is 10.1. The van der Waals surface area contributed by atoms with Gasteiger partial charge in [-0.1, -0.05) is 0 Å². The van der Waals surface area contributed by atoms with Gasteiger partial charge >= 0.3 is 0 Å². The maximum Gasteiger partial charge on any atom is 0.251 e. The summed E-state index contributed by atoms with van der Waals surface area (Å²) in [6, 6.07) is 8.92. The highest BCUT2D eigenvalue weighted by molar-refractivity contribution is 5.97. The first-order valence-electron chi connectivity index (χ1n) is 8.96. The molecule has 2 amide bonds. The fourth-order valence-electron chi connectivity index (χ4n) is 3.38. The minimum absolute atomic E-state index is 0.0106. The van der Waals surface area contributed by atoms with Crippen LogP contribution in [0.3, 0.4) is 0 Å². The van der Waals surface area contributed by atoms with Crippen LogP contribution in [0.15, 0.2) is 30.3 Å². The Kier molecular flexibility index (Phi) is 5.73. The fraction of sp³-hybridized carbons (Fsp3) is 0.333. The highest BCUT2D eigenvalue weighted by atomic mass is 16.5. The van der Waals surface area contributed by atoms with E-state index >= 15 is 0 Å². The molecule has 0 saturated heterocycles. The SMILES string of the molecule is COc1cc(OC)c(OC)cc1CNC(=O)c1ccc2c(c1)CCN2C(C)=O. The van der Waals surface area contributed by atoms with E-state index in [2.05, 4.69) is 5.32 Å². The standard InChI is InChI=1S/C21H24N2O5/c1-13(24)23-8-7-14-9-15(5-6-17(14)23)21(25)22-12-16-10-19(27-3)20(28-4)11-18(16)26-2/h5-6,9-11H,7-8,12H2,1-4H3,(H,22,25). The molecule has 0 aromatic heterocycles. The number of nitrogens with one attached hydrogen (secondary N) is 1. The van der Waals surface area contributed by atoms with Gasteiger partial charge in [0.1, 0.15) is 5.75 Å². The smallest absolute Gasteiger partial charge is 0.251 e. The van der Waals surface area contributed by atoms with E-state index in [1.165, 1.54) is 0 Å². The Hall–Kier alpha value is -3.22. The molecule has 1 aliphatic heterocycles. The number of rotatable bonds is 6. The number of fused-ring (bicyclic) bond motifs is 1. The number of hydrogen-bond acceptors (Lipinski definition) is 5. The molecule has 7 heteroatoms. The number of hydrogen-bond donors (Lipinski definition) is 1. The van der Waals surface area contributed by atoms with Crippen molar-refractivity contribution >= 4 is 17.5 Å². The van der Waals surface area contributed by atoms with Crippen LogP contribution < -0.4 is 24.4 Å². The van der Waals surface area contributed by atoms with Crippen molar-refractivity contribution < 1.29 is 23.8 Å². The van der Waals surface area contributed by atoms with E-state index in [-0.39, 0.29) is 18.4 Å². The van der Waals surface area contributed by atoms with Gasteiger partial charge in [-0.3, -0.25) is 9.59 Å². The number of ether oxygens (including phenoxy) is 3. The number of nitrogens with zero attached hydrogens (tertiary/aromatic N) is 1. The molecule has 0 aliphatic carbocycles. The van der Waals surface area contributed by atoms with Crippen LogP contribution in [0.5, 0.6) is 17.2 Å². The van der Waals surface area contributed by atoms with Crippen molar-refractivity contribution in [3.63, 3.8) is 0 Å². The monoisotopic (exact) mass is 384 g/mol. The molecule has 0 unspecified atom stereocenters. The van der Waals surface area contributed by atoms with Crippen LogP contribution in [-0.4, -0.2) is 39.7 Å². The average molecular weight is 384 g/mol. The predicted molar refractivity (Wildman–Crippen MR) is 105 cm³/mol. The van der Waals surface area contributed by atoms with Crippen molar-refractivity contribution in [1.29, 1.82) is 0 Å². The molecule has 0 spiro atoms. The van der Waals surface area contributed by atoms with Crippen molar-refractivity contribution in [2.45, 2.75) is 19.9 Å². The molecule has 1 N–H and O–H groups in total. The first kappa shape index (κ1) is 19.5. The van der Waals surface area contributed by atoms with E-state index in [9.17, 15) is 9.59 Å². The van der Waals surface area contributed by atoms with Gasteiger partial charge in [0.2, 0.25) is 5.91 Å². The molecule has 2 aromatic carbocycles. The molecule has 3 rings (SSSR count). The summed E-state index contributed by atoms with van der Waals surface area (Å²) in [5, 5.41) is 2.91. The highest BCUT2D eigenvalue weighted by Gasteiger charge is 2.23. The molecule has 2 aromatic rings. The molecule has 28 heavy (non-hydrogen) atoms. The minimum Gasteiger partial charge on any atom is -0.496 e. The molecule has 0 atom stereocenters. The summed E-state index contributed by atoms with van der Waals surface area (Å²) in [6.45, 7) is 2.48. The van der Waals surface area contributed by atoms with E-state index in [1.54, 1.807) is 51.4 Å². The second-order valence-corrected chi connectivity index (χ2v) is 6.47. The number of anilines is 1. The molecule has 0 saturated carbocycles. The molecular weight excluding hydrogens is 360 g/mol. The molecule has 148 valence electrons. The lowest BCUT2D eigenvalue weighted by molar-refractivity contribution is -0.116. The fourth-order valence-corrected chi connectivity index (χ4v) is 3.38. The zero-order chi connectivity index (χ0) is 20.3. The van der Waals surface area contributed by atoms with Crippen LogP contribution in [0, 0.1) is 0 Å². The Balaban J connectivity index is 1.75. The maximum atomic E-state index is 12.6. The number of benzene rings is 2. The van der Waals surface area contributed by atoms with Gasteiger partial charge in [-0.2, -0.15) is 0 Å². The molecular formula is C21H24N2O5. The van der Waals surface area contributed by atoms with Gasteiger partial charge < -0.3 is 24.4 Å². The summed E-state index contributed by atoms with van der Waals surface area (Å²) < 4.78 is 16.0. The summed E-state index contributed by atoms with van der Waals surface area (Å²) in [5.41, 5.74) is 3.22. The van der Waals surface area contributed by atoms with Gasteiger partial charge in [-0.05, 0) is 36.2 Å². The minimum atomic E-state index is -0.194. The van der Waals surface area contributed by atoms with Gasteiger partial charge in [0.15, 0.2) is 11.5 Å². The molecule has 0 radical (unpaired) electrons. The van der Waals surface area contributed by atoms with Crippen molar-refractivity contribution in [3.05, 3.63) is 47.0 Å². The molecule has 0 fully saturated rings. The van der Waals surface area contributed by atoms with Gasteiger partial charge in [-0.15, -0.1) is 0 Å². The van der Waals surface area contributed by atoms with Gasteiger partial charge in [0, 0.05) is 42.9 Å². The van der Waals surface area contributed by atoms with E-state index < -0.39 is 0 Å². The zero-order valence-electron chi connectivity index (χ0n) is 16.5. The average Bonchev–Trinajstić information content (AvgIpc) is 3.14. The van der Waals surface area contributed by atoms with Crippen molar-refractivity contribution in [3.8, 4) is 17.2 Å². The van der Waals surface area contributed by atoms with Crippen molar-refractivity contribution in [2.24, 2.45) is 0 Å². The van der Waals surface area contributed by atoms with Gasteiger partial charge in [0.05, 0.1) is 21.3 Å². The number of amides is 2. The number of carbonyl (C=O) groups is 2. The van der Waals surface area contributed by atoms with E-state index in [1.807, 2.05) is 12.1 Å². The van der Waals surface area contributed by atoms with E-state index in [4.69, 9.17) is 14.2 Å². The summed E-state index contributed by atoms with van der Waals surface area (Å²) in [7, 11) is 4.68. The predicted octanol–water partition coefficient (Wildman–Crippen LogP) is 2.55. The van der Waals surface area contributed by atoms with Crippen LogP contribution in [0.4, 0.5) is 5.69 Å². The van der Waals surface area contributed by atoms with Crippen molar-refractivity contribution in [2.75, 3.05) is 32.8 Å². The van der Waals surface area contributed by atoms with Crippen LogP contribution in [-0.2, 0) is 17.8 Å². The van der Waals surface area contributed by atoms with Crippen LogP contribution in [0.25, 0.3) is 0 Å². The Morgan fingerprint density at radius 2 is 1.68 bits per heavy atom.